The van der Waals surface area contributed by atoms with E-state index in [0.29, 0.717) is 25.5 Å². The van der Waals surface area contributed by atoms with Gasteiger partial charge < -0.3 is 14.8 Å². The predicted octanol–water partition coefficient (Wildman–Crippen LogP) is 2.32. The number of benzene rings is 1. The number of methoxy groups -OCH3 is 1. The van der Waals surface area contributed by atoms with Crippen molar-refractivity contribution in [3.05, 3.63) is 33.9 Å². The highest BCUT2D eigenvalue weighted by Gasteiger charge is 2.13. The van der Waals surface area contributed by atoms with Crippen molar-refractivity contribution in [3.63, 3.8) is 0 Å². The minimum Gasteiger partial charge on any atom is -0.385 e. The van der Waals surface area contributed by atoms with Gasteiger partial charge >= 0.3 is 0 Å². The number of nitrogens with one attached hydrogen (secondary N) is 1. The highest BCUT2D eigenvalue weighted by molar-refractivity contribution is 5.58. The number of hydrogen-bond donors (Lipinski definition) is 1. The van der Waals surface area contributed by atoms with Crippen LogP contribution >= 0.6 is 0 Å². The highest BCUT2D eigenvalue weighted by Crippen LogP contribution is 2.21. The Balaban J connectivity index is 2.30. The molecule has 0 aliphatic rings. The number of rotatable bonds is 10. The second-order valence-corrected chi connectivity index (χ2v) is 4.34. The van der Waals surface area contributed by atoms with Gasteiger partial charge in [-0.25, -0.2) is 0 Å². The largest absolute Gasteiger partial charge is 0.385 e. The summed E-state index contributed by atoms with van der Waals surface area (Å²) in [6, 6.07) is 6.27. The molecule has 0 fully saturated rings. The maximum absolute atomic E-state index is 10.7. The first-order valence-corrected chi connectivity index (χ1v) is 6.68. The van der Waals surface area contributed by atoms with Crippen molar-refractivity contribution in [1.29, 1.82) is 5.26 Å². The van der Waals surface area contributed by atoms with Crippen molar-refractivity contribution < 1.29 is 14.4 Å². The topological polar surface area (TPSA) is 97.4 Å². The fraction of sp³-hybridized carbons (Fsp3) is 0.500. The third kappa shape index (κ3) is 6.21. The summed E-state index contributed by atoms with van der Waals surface area (Å²) in [5.74, 6) is 0. The molecule has 0 aliphatic heterocycles. The number of ether oxygens (including phenoxy) is 2. The zero-order valence-electron chi connectivity index (χ0n) is 12.0. The molecule has 1 N–H and O–H groups in total. The molecule has 7 heteroatoms. The van der Waals surface area contributed by atoms with Gasteiger partial charge in [0.15, 0.2) is 0 Å². The SMILES string of the molecule is COCCOCCCCNc1ccc([N+](=O)[O-])c(C#N)c1. The first-order chi connectivity index (χ1) is 10.2. The molecule has 0 saturated heterocycles. The van der Waals surface area contributed by atoms with Crippen LogP contribution in [0.15, 0.2) is 18.2 Å². The van der Waals surface area contributed by atoms with Gasteiger partial charge in [0.25, 0.3) is 5.69 Å². The van der Waals surface area contributed by atoms with E-state index in [-0.39, 0.29) is 11.3 Å². The molecule has 1 aromatic rings. The molecule has 0 aromatic heterocycles. The Morgan fingerprint density at radius 3 is 2.81 bits per heavy atom. The normalized spacial score (nSPS) is 10.1. The van der Waals surface area contributed by atoms with Crippen LogP contribution in [0.5, 0.6) is 0 Å². The molecule has 21 heavy (non-hydrogen) atoms. The van der Waals surface area contributed by atoms with Crippen LogP contribution in [0.25, 0.3) is 0 Å². The molecule has 0 unspecified atom stereocenters. The van der Waals surface area contributed by atoms with Gasteiger partial charge in [-0.2, -0.15) is 5.26 Å². The summed E-state index contributed by atoms with van der Waals surface area (Å²) in [5, 5.41) is 22.7. The number of nitro benzene ring substituents is 1. The molecule has 0 radical (unpaired) electrons. The van der Waals surface area contributed by atoms with E-state index in [2.05, 4.69) is 5.32 Å². The van der Waals surface area contributed by atoms with Gasteiger partial charge in [-0.15, -0.1) is 0 Å². The lowest BCUT2D eigenvalue weighted by Crippen LogP contribution is -2.06. The minimum atomic E-state index is -0.556. The maximum Gasteiger partial charge on any atom is 0.287 e. The van der Waals surface area contributed by atoms with Gasteiger partial charge in [-0.05, 0) is 25.0 Å². The molecule has 0 bridgehead atoms. The molecule has 1 aromatic carbocycles. The average Bonchev–Trinajstić information content (AvgIpc) is 2.49. The van der Waals surface area contributed by atoms with Crippen LogP contribution < -0.4 is 5.32 Å². The predicted molar refractivity (Wildman–Crippen MR) is 78.2 cm³/mol. The van der Waals surface area contributed by atoms with Gasteiger partial charge in [0.05, 0.1) is 18.1 Å². The first kappa shape index (κ1) is 16.9. The second kappa shape index (κ2) is 9.69. The lowest BCUT2D eigenvalue weighted by atomic mass is 10.1. The second-order valence-electron chi connectivity index (χ2n) is 4.34. The Morgan fingerprint density at radius 2 is 2.14 bits per heavy atom. The van der Waals surface area contributed by atoms with Crippen LogP contribution in [0.3, 0.4) is 0 Å². The Labute approximate surface area is 123 Å². The summed E-state index contributed by atoms with van der Waals surface area (Å²) in [6.45, 7) is 2.58. The standard InChI is InChI=1S/C14H19N3O4/c1-20-8-9-21-7-3-2-6-16-13-4-5-14(17(18)19)12(10-13)11-15/h4-5,10,16H,2-3,6-9H2,1H3. The maximum atomic E-state index is 10.7. The van der Waals surface area contributed by atoms with Crippen molar-refractivity contribution >= 4 is 11.4 Å². The van der Waals surface area contributed by atoms with E-state index in [4.69, 9.17) is 14.7 Å². The molecule has 0 heterocycles. The Kier molecular flexibility index (Phi) is 7.79. The lowest BCUT2D eigenvalue weighted by Gasteiger charge is -2.07. The lowest BCUT2D eigenvalue weighted by molar-refractivity contribution is -0.385. The van der Waals surface area contributed by atoms with Crippen LogP contribution in [0, 0.1) is 21.4 Å². The number of unbranched alkanes of at least 4 members (excludes halogenated alkanes) is 1. The van der Waals surface area contributed by atoms with E-state index in [9.17, 15) is 10.1 Å². The molecule has 0 amide bonds. The van der Waals surface area contributed by atoms with E-state index in [1.807, 2.05) is 6.07 Å². The van der Waals surface area contributed by atoms with E-state index in [1.165, 1.54) is 12.1 Å². The molecule has 0 aliphatic carbocycles. The van der Waals surface area contributed by atoms with E-state index >= 15 is 0 Å². The van der Waals surface area contributed by atoms with Crippen LogP contribution in [0.2, 0.25) is 0 Å². The third-order valence-corrected chi connectivity index (χ3v) is 2.79. The quantitative estimate of drug-likeness (QED) is 0.404. The Hall–Kier alpha value is -2.17. The van der Waals surface area contributed by atoms with Gasteiger partial charge in [0.2, 0.25) is 0 Å². The number of nitrogens with zero attached hydrogens (tertiary/aromatic N) is 2. The van der Waals surface area contributed by atoms with Gasteiger partial charge in [0, 0.05) is 32.0 Å². The van der Waals surface area contributed by atoms with Crippen molar-refractivity contribution in [1.82, 2.24) is 0 Å². The van der Waals surface area contributed by atoms with Gasteiger partial charge in [-0.3, -0.25) is 10.1 Å². The van der Waals surface area contributed by atoms with E-state index < -0.39 is 4.92 Å². The number of nitro groups is 1. The molecule has 114 valence electrons. The molecular formula is C14H19N3O4. The first-order valence-electron chi connectivity index (χ1n) is 6.68. The summed E-state index contributed by atoms with van der Waals surface area (Å²) in [5.41, 5.74) is 0.597. The van der Waals surface area contributed by atoms with Crippen LogP contribution in [-0.2, 0) is 9.47 Å². The monoisotopic (exact) mass is 293 g/mol. The summed E-state index contributed by atoms with van der Waals surface area (Å²) >= 11 is 0. The summed E-state index contributed by atoms with van der Waals surface area (Å²) in [4.78, 5) is 10.2. The number of anilines is 1. The smallest absolute Gasteiger partial charge is 0.287 e. The van der Waals surface area contributed by atoms with E-state index in [0.717, 1.165) is 19.4 Å². The molecule has 0 spiro atoms. The number of hydrogen-bond acceptors (Lipinski definition) is 6. The average molecular weight is 293 g/mol. The summed E-state index contributed by atoms with van der Waals surface area (Å²) in [6.07, 6.45) is 1.82. The van der Waals surface area contributed by atoms with Gasteiger partial charge in [0.1, 0.15) is 11.6 Å². The van der Waals surface area contributed by atoms with E-state index in [1.54, 1.807) is 13.2 Å². The van der Waals surface area contributed by atoms with Gasteiger partial charge in [-0.1, -0.05) is 0 Å². The van der Waals surface area contributed by atoms with Crippen molar-refractivity contribution in [2.45, 2.75) is 12.8 Å². The molecule has 0 saturated carbocycles. The molecule has 1 rings (SSSR count). The molecule has 0 atom stereocenters. The minimum absolute atomic E-state index is 0.0629. The van der Waals surface area contributed by atoms with Crippen LogP contribution in [0.1, 0.15) is 18.4 Å². The fourth-order valence-corrected chi connectivity index (χ4v) is 1.70. The highest BCUT2D eigenvalue weighted by atomic mass is 16.6. The van der Waals surface area contributed by atoms with Crippen molar-refractivity contribution in [2.24, 2.45) is 0 Å². The van der Waals surface area contributed by atoms with Crippen LogP contribution in [-0.4, -0.2) is 38.4 Å². The summed E-state index contributed by atoms with van der Waals surface area (Å²) in [7, 11) is 1.63. The molecule has 7 nitrogen and oxygen atoms in total. The van der Waals surface area contributed by atoms with Crippen molar-refractivity contribution in [3.8, 4) is 6.07 Å². The van der Waals surface area contributed by atoms with Crippen LogP contribution in [0.4, 0.5) is 11.4 Å². The number of nitriles is 1. The zero-order chi connectivity index (χ0) is 15.5. The summed E-state index contributed by atoms with van der Waals surface area (Å²) < 4.78 is 10.2. The Bertz CT molecular complexity index is 499. The zero-order valence-corrected chi connectivity index (χ0v) is 12.0. The molecular weight excluding hydrogens is 274 g/mol. The third-order valence-electron chi connectivity index (χ3n) is 2.79. The Morgan fingerprint density at radius 1 is 1.33 bits per heavy atom. The van der Waals surface area contributed by atoms with Crippen molar-refractivity contribution in [2.75, 3.05) is 38.8 Å². The fourth-order valence-electron chi connectivity index (χ4n) is 1.70.